The Labute approximate surface area is 88.6 Å². The van der Waals surface area contributed by atoms with Gasteiger partial charge >= 0.3 is 0 Å². The van der Waals surface area contributed by atoms with Crippen LogP contribution in [0.1, 0.15) is 36.9 Å². The summed E-state index contributed by atoms with van der Waals surface area (Å²) in [6, 6.07) is 0.753. The van der Waals surface area contributed by atoms with Gasteiger partial charge < -0.3 is 10.3 Å². The monoisotopic (exact) mass is 208 g/mol. The zero-order valence-electron chi connectivity index (χ0n) is 8.72. The molecule has 1 aromatic rings. The van der Waals surface area contributed by atoms with E-state index in [9.17, 15) is 0 Å². The van der Waals surface area contributed by atoms with E-state index in [1.54, 1.807) is 0 Å². The van der Waals surface area contributed by atoms with Crippen molar-refractivity contribution < 1.29 is 4.52 Å². The molecule has 0 unspecified atom stereocenters. The molecule has 0 saturated carbocycles. The van der Waals surface area contributed by atoms with Crippen molar-refractivity contribution in [2.45, 2.75) is 37.8 Å². The molecule has 15 heavy (non-hydrogen) atoms. The van der Waals surface area contributed by atoms with Crippen molar-refractivity contribution in [3.63, 3.8) is 0 Å². The van der Waals surface area contributed by atoms with Gasteiger partial charge in [-0.3, -0.25) is 4.90 Å². The van der Waals surface area contributed by atoms with Gasteiger partial charge in [-0.25, -0.2) is 0 Å². The summed E-state index contributed by atoms with van der Waals surface area (Å²) in [6.07, 6.45) is 3.84. The Morgan fingerprint density at radius 2 is 2.47 bits per heavy atom. The van der Waals surface area contributed by atoms with Crippen molar-refractivity contribution in [2.75, 3.05) is 13.1 Å². The zero-order chi connectivity index (χ0) is 10.3. The molecule has 3 rings (SSSR count). The first-order chi connectivity index (χ1) is 7.36. The topological polar surface area (TPSA) is 68.2 Å². The maximum absolute atomic E-state index is 5.46. The van der Waals surface area contributed by atoms with Gasteiger partial charge in [0.15, 0.2) is 5.82 Å². The van der Waals surface area contributed by atoms with Crippen LogP contribution in [0.5, 0.6) is 0 Å². The molecule has 0 aromatic carbocycles. The molecular formula is C10H16N4O. The van der Waals surface area contributed by atoms with E-state index >= 15 is 0 Å². The van der Waals surface area contributed by atoms with Crippen LogP contribution >= 0.6 is 0 Å². The summed E-state index contributed by atoms with van der Waals surface area (Å²) in [5.74, 6) is 1.84. The predicted molar refractivity (Wildman–Crippen MR) is 54.1 cm³/mol. The smallest absolute Gasteiger partial charge is 0.231 e. The van der Waals surface area contributed by atoms with Gasteiger partial charge in [0.1, 0.15) is 0 Å². The molecule has 82 valence electrons. The average Bonchev–Trinajstić information content (AvgIpc) is 2.91. The summed E-state index contributed by atoms with van der Waals surface area (Å²) < 4.78 is 5.24. The van der Waals surface area contributed by atoms with Gasteiger partial charge in [-0.1, -0.05) is 5.16 Å². The van der Waals surface area contributed by atoms with Crippen molar-refractivity contribution in [3.05, 3.63) is 11.7 Å². The van der Waals surface area contributed by atoms with Crippen molar-refractivity contribution in [2.24, 2.45) is 5.73 Å². The van der Waals surface area contributed by atoms with Crippen LogP contribution in [-0.2, 0) is 6.54 Å². The molecule has 2 aliphatic heterocycles. The molecule has 0 bridgehead atoms. The number of rotatable bonds is 2. The molecule has 2 N–H and O–H groups in total. The van der Waals surface area contributed by atoms with Crippen LogP contribution in [0, 0.1) is 0 Å². The maximum atomic E-state index is 5.46. The van der Waals surface area contributed by atoms with E-state index in [-0.39, 0.29) is 0 Å². The Hall–Kier alpha value is -0.940. The van der Waals surface area contributed by atoms with Crippen molar-refractivity contribution in [3.8, 4) is 0 Å². The largest absolute Gasteiger partial charge is 0.339 e. The second-order valence-corrected chi connectivity index (χ2v) is 4.48. The minimum absolute atomic E-state index is 0.364. The van der Waals surface area contributed by atoms with Gasteiger partial charge in [-0.05, 0) is 25.8 Å². The number of nitrogens with two attached hydrogens (primary N) is 1. The van der Waals surface area contributed by atoms with Crippen LogP contribution in [0.3, 0.4) is 0 Å². The van der Waals surface area contributed by atoms with Crippen molar-refractivity contribution >= 4 is 0 Å². The second kappa shape index (κ2) is 3.57. The first-order valence-corrected chi connectivity index (χ1v) is 5.63. The standard InChI is InChI=1S/C10H16N4O/c11-5-9-12-10(15-13-9)7-4-8-2-1-3-14(8)6-7/h7-8H,1-6,11H2/t7-,8+/m1/s1. The number of aromatic nitrogens is 2. The van der Waals surface area contributed by atoms with Crippen LogP contribution in [-0.4, -0.2) is 34.2 Å². The van der Waals surface area contributed by atoms with E-state index in [1.807, 2.05) is 0 Å². The molecule has 2 fully saturated rings. The summed E-state index contributed by atoms with van der Waals surface area (Å²) in [6.45, 7) is 2.68. The number of nitrogens with zero attached hydrogens (tertiary/aromatic N) is 3. The summed E-state index contributed by atoms with van der Waals surface area (Å²) in [7, 11) is 0. The fourth-order valence-corrected chi connectivity index (χ4v) is 2.78. The third-order valence-corrected chi connectivity index (χ3v) is 3.53. The lowest BCUT2D eigenvalue weighted by Gasteiger charge is -2.12. The highest BCUT2D eigenvalue weighted by molar-refractivity contribution is 5.03. The number of fused-ring (bicyclic) bond motifs is 1. The third kappa shape index (κ3) is 1.55. The first-order valence-electron chi connectivity index (χ1n) is 5.63. The van der Waals surface area contributed by atoms with Crippen LogP contribution in [0.2, 0.25) is 0 Å². The van der Waals surface area contributed by atoms with E-state index in [2.05, 4.69) is 15.0 Å². The fourth-order valence-electron chi connectivity index (χ4n) is 2.78. The molecule has 0 spiro atoms. The minimum atomic E-state index is 0.364. The van der Waals surface area contributed by atoms with Crippen LogP contribution < -0.4 is 5.73 Å². The van der Waals surface area contributed by atoms with Gasteiger partial charge in [0.25, 0.3) is 0 Å². The van der Waals surface area contributed by atoms with E-state index in [0.29, 0.717) is 18.3 Å². The van der Waals surface area contributed by atoms with Gasteiger partial charge in [-0.2, -0.15) is 4.98 Å². The quantitative estimate of drug-likeness (QED) is 0.765. The molecule has 0 aliphatic carbocycles. The normalized spacial score (nSPS) is 31.0. The number of hydrogen-bond acceptors (Lipinski definition) is 5. The Morgan fingerprint density at radius 3 is 3.20 bits per heavy atom. The van der Waals surface area contributed by atoms with Crippen molar-refractivity contribution in [1.29, 1.82) is 0 Å². The lowest BCUT2D eigenvalue weighted by molar-refractivity contribution is 0.312. The fraction of sp³-hybridized carbons (Fsp3) is 0.800. The van der Waals surface area contributed by atoms with E-state index in [0.717, 1.165) is 18.5 Å². The highest BCUT2D eigenvalue weighted by atomic mass is 16.5. The van der Waals surface area contributed by atoms with Crippen LogP contribution in [0.15, 0.2) is 4.52 Å². The maximum Gasteiger partial charge on any atom is 0.231 e. The predicted octanol–water partition coefficient (Wildman–Crippen LogP) is 0.480. The van der Waals surface area contributed by atoms with Gasteiger partial charge in [0.2, 0.25) is 5.89 Å². The summed E-state index contributed by atoms with van der Waals surface area (Å²) >= 11 is 0. The summed E-state index contributed by atoms with van der Waals surface area (Å²) in [5.41, 5.74) is 5.46. The second-order valence-electron chi connectivity index (χ2n) is 4.48. The third-order valence-electron chi connectivity index (χ3n) is 3.53. The van der Waals surface area contributed by atoms with Gasteiger partial charge in [-0.15, -0.1) is 0 Å². The molecule has 0 amide bonds. The molecule has 0 radical (unpaired) electrons. The highest BCUT2D eigenvalue weighted by Crippen LogP contribution is 2.36. The van der Waals surface area contributed by atoms with Gasteiger partial charge in [0, 0.05) is 12.6 Å². The van der Waals surface area contributed by atoms with E-state index in [4.69, 9.17) is 10.3 Å². The Morgan fingerprint density at radius 1 is 1.53 bits per heavy atom. The Balaban J connectivity index is 1.73. The lowest BCUT2D eigenvalue weighted by atomic mass is 10.0. The zero-order valence-corrected chi connectivity index (χ0v) is 8.72. The summed E-state index contributed by atoms with van der Waals surface area (Å²) in [5, 5.41) is 3.84. The molecule has 5 heteroatoms. The van der Waals surface area contributed by atoms with E-state index < -0.39 is 0 Å². The van der Waals surface area contributed by atoms with E-state index in [1.165, 1.54) is 25.8 Å². The Kier molecular flexibility index (Phi) is 2.21. The molecule has 2 aliphatic rings. The molecule has 5 nitrogen and oxygen atoms in total. The average molecular weight is 208 g/mol. The molecule has 2 atom stereocenters. The van der Waals surface area contributed by atoms with Crippen LogP contribution in [0.25, 0.3) is 0 Å². The first kappa shape index (κ1) is 9.30. The van der Waals surface area contributed by atoms with Crippen LogP contribution in [0.4, 0.5) is 0 Å². The lowest BCUT2D eigenvalue weighted by Crippen LogP contribution is -2.22. The molecule has 3 heterocycles. The van der Waals surface area contributed by atoms with Crippen molar-refractivity contribution in [1.82, 2.24) is 15.0 Å². The Bertz CT molecular complexity index is 339. The molecular weight excluding hydrogens is 192 g/mol. The minimum Gasteiger partial charge on any atom is -0.339 e. The van der Waals surface area contributed by atoms with Gasteiger partial charge in [0.05, 0.1) is 12.5 Å². The highest BCUT2D eigenvalue weighted by Gasteiger charge is 2.38. The number of hydrogen-bond donors (Lipinski definition) is 1. The molecule has 1 aromatic heterocycles. The SMILES string of the molecule is NCc1noc([C@@H]2C[C@@H]3CCCN3C2)n1. The molecule has 2 saturated heterocycles. The summed E-state index contributed by atoms with van der Waals surface area (Å²) in [4.78, 5) is 6.85.